The molecule has 2 amide bonds. The van der Waals surface area contributed by atoms with Gasteiger partial charge in [-0.3, -0.25) is 9.69 Å². The lowest BCUT2D eigenvalue weighted by molar-refractivity contribution is -0.137. The Hall–Kier alpha value is -3.85. The van der Waals surface area contributed by atoms with Gasteiger partial charge in [0.15, 0.2) is 0 Å². The number of fused-ring (bicyclic) bond motifs is 1. The van der Waals surface area contributed by atoms with E-state index in [4.69, 9.17) is 10.5 Å². The second-order valence-electron chi connectivity index (χ2n) is 8.25. The monoisotopic (exact) mass is 483 g/mol. The zero-order chi connectivity index (χ0) is 25.0. The van der Waals surface area contributed by atoms with E-state index in [2.05, 4.69) is 10.2 Å². The van der Waals surface area contributed by atoms with Gasteiger partial charge >= 0.3 is 12.3 Å². The molecule has 6 nitrogen and oxygen atoms in total. The molecule has 0 bridgehead atoms. The van der Waals surface area contributed by atoms with Gasteiger partial charge in [0, 0.05) is 30.9 Å². The van der Waals surface area contributed by atoms with Crippen LogP contribution in [0.2, 0.25) is 0 Å². The van der Waals surface area contributed by atoms with E-state index in [-0.39, 0.29) is 12.5 Å². The summed E-state index contributed by atoms with van der Waals surface area (Å²) in [6.07, 6.45) is -4.43. The van der Waals surface area contributed by atoms with Crippen LogP contribution in [0.3, 0.4) is 0 Å². The molecular formula is C26H24F3N3O3. The van der Waals surface area contributed by atoms with Crippen LogP contribution in [0.5, 0.6) is 0 Å². The Labute approximate surface area is 200 Å². The third kappa shape index (κ3) is 5.99. The number of ether oxygens (including phenoxy) is 1. The molecule has 0 atom stereocenters. The average molecular weight is 483 g/mol. The molecule has 1 heterocycles. The maximum Gasteiger partial charge on any atom is 0.416 e. The first-order valence-electron chi connectivity index (χ1n) is 11.0. The van der Waals surface area contributed by atoms with E-state index in [1.54, 1.807) is 24.3 Å². The topological polar surface area (TPSA) is 84.7 Å². The first-order chi connectivity index (χ1) is 16.7. The minimum absolute atomic E-state index is 0.233. The largest absolute Gasteiger partial charge is 0.448 e. The van der Waals surface area contributed by atoms with Crippen molar-refractivity contribution in [3.63, 3.8) is 0 Å². The summed E-state index contributed by atoms with van der Waals surface area (Å²) in [4.78, 5) is 26.0. The zero-order valence-electron chi connectivity index (χ0n) is 18.8. The normalized spacial score (nSPS) is 13.7. The van der Waals surface area contributed by atoms with Crippen molar-refractivity contribution in [1.82, 2.24) is 4.90 Å². The standard InChI is InChI=1S/C26H24F3N3O3/c27-26(28,29)20-8-5-17(6-9-20)22-3-1-2-4-23(22)24(33)31-21-10-7-19-16-32(12-11-18(19)15-21)13-14-35-25(30)34/h1-10,15H,11-14,16H2,(H2,30,34)(H,31,33). The van der Waals surface area contributed by atoms with Gasteiger partial charge in [-0.15, -0.1) is 0 Å². The summed E-state index contributed by atoms with van der Waals surface area (Å²) in [6, 6.07) is 17.3. The fraction of sp³-hybridized carbons (Fsp3) is 0.231. The number of nitrogens with two attached hydrogens (primary N) is 1. The Balaban J connectivity index is 1.46. The number of carbonyl (C=O) groups is 2. The van der Waals surface area contributed by atoms with E-state index in [1.807, 2.05) is 18.2 Å². The van der Waals surface area contributed by atoms with E-state index in [1.165, 1.54) is 12.1 Å². The molecule has 0 unspecified atom stereocenters. The van der Waals surface area contributed by atoms with Crippen LogP contribution in [0.25, 0.3) is 11.1 Å². The number of primary amides is 1. The number of benzene rings is 3. The number of halogens is 3. The van der Waals surface area contributed by atoms with Crippen LogP contribution < -0.4 is 11.1 Å². The van der Waals surface area contributed by atoms with E-state index < -0.39 is 17.8 Å². The second-order valence-corrected chi connectivity index (χ2v) is 8.25. The van der Waals surface area contributed by atoms with Crippen LogP contribution in [0.4, 0.5) is 23.7 Å². The smallest absolute Gasteiger partial charge is 0.416 e. The minimum atomic E-state index is -4.42. The fourth-order valence-corrected chi connectivity index (χ4v) is 4.13. The Bertz CT molecular complexity index is 1230. The maximum absolute atomic E-state index is 13.1. The van der Waals surface area contributed by atoms with Crippen molar-refractivity contribution < 1.29 is 27.5 Å². The maximum atomic E-state index is 13.1. The molecule has 9 heteroatoms. The SMILES string of the molecule is NC(=O)OCCN1CCc2cc(NC(=O)c3ccccc3-c3ccc(C(F)(F)F)cc3)ccc2C1. The van der Waals surface area contributed by atoms with Crippen molar-refractivity contribution in [2.24, 2.45) is 5.73 Å². The first kappa shape index (κ1) is 24.3. The van der Waals surface area contributed by atoms with Crippen molar-refractivity contribution in [3.05, 3.63) is 89.0 Å². The second kappa shape index (κ2) is 10.2. The Morgan fingerprint density at radius 2 is 1.74 bits per heavy atom. The highest BCUT2D eigenvalue weighted by atomic mass is 19.4. The van der Waals surface area contributed by atoms with Gasteiger partial charge in [0.25, 0.3) is 5.91 Å². The number of alkyl halides is 3. The summed E-state index contributed by atoms with van der Waals surface area (Å²) in [7, 11) is 0. The van der Waals surface area contributed by atoms with Gasteiger partial charge in [0.2, 0.25) is 0 Å². The first-order valence-corrected chi connectivity index (χ1v) is 11.0. The van der Waals surface area contributed by atoms with Crippen LogP contribution in [0.1, 0.15) is 27.0 Å². The van der Waals surface area contributed by atoms with Crippen molar-refractivity contribution in [1.29, 1.82) is 0 Å². The summed E-state index contributed by atoms with van der Waals surface area (Å²) < 4.78 is 43.5. The summed E-state index contributed by atoms with van der Waals surface area (Å²) in [5.74, 6) is -0.346. The third-order valence-corrected chi connectivity index (χ3v) is 5.90. The molecule has 0 fully saturated rings. The fourth-order valence-electron chi connectivity index (χ4n) is 4.13. The zero-order valence-corrected chi connectivity index (χ0v) is 18.8. The molecule has 3 N–H and O–H groups in total. The highest BCUT2D eigenvalue weighted by Gasteiger charge is 2.30. The predicted octanol–water partition coefficient (Wildman–Crippen LogP) is 5.08. The third-order valence-electron chi connectivity index (χ3n) is 5.90. The Kier molecular flexibility index (Phi) is 7.07. The van der Waals surface area contributed by atoms with Crippen LogP contribution in [-0.4, -0.2) is 36.6 Å². The van der Waals surface area contributed by atoms with E-state index in [9.17, 15) is 22.8 Å². The molecule has 0 saturated carbocycles. The average Bonchev–Trinajstić information content (AvgIpc) is 2.83. The number of anilines is 1. The summed E-state index contributed by atoms with van der Waals surface area (Å²) in [6.45, 7) is 2.30. The lowest BCUT2D eigenvalue weighted by Gasteiger charge is -2.28. The molecule has 1 aliphatic rings. The summed E-state index contributed by atoms with van der Waals surface area (Å²) >= 11 is 0. The lowest BCUT2D eigenvalue weighted by Crippen LogP contribution is -2.34. The molecule has 0 aromatic heterocycles. The molecule has 0 saturated heterocycles. The molecule has 35 heavy (non-hydrogen) atoms. The molecular weight excluding hydrogens is 459 g/mol. The summed E-state index contributed by atoms with van der Waals surface area (Å²) in [5.41, 5.74) is 8.57. The van der Waals surface area contributed by atoms with Crippen LogP contribution in [0.15, 0.2) is 66.7 Å². The van der Waals surface area contributed by atoms with Crippen LogP contribution in [-0.2, 0) is 23.9 Å². The number of rotatable bonds is 6. The molecule has 4 rings (SSSR count). The van der Waals surface area contributed by atoms with Crippen molar-refractivity contribution in [2.75, 3.05) is 25.0 Å². The van der Waals surface area contributed by atoms with Gasteiger partial charge in [0.05, 0.1) is 5.56 Å². The van der Waals surface area contributed by atoms with Gasteiger partial charge in [-0.2, -0.15) is 13.2 Å². The van der Waals surface area contributed by atoms with Crippen molar-refractivity contribution in [2.45, 2.75) is 19.1 Å². The molecule has 3 aromatic rings. The molecule has 3 aromatic carbocycles. The quantitative estimate of drug-likeness (QED) is 0.512. The minimum Gasteiger partial charge on any atom is -0.448 e. The van der Waals surface area contributed by atoms with Gasteiger partial charge in [-0.05, 0) is 59.0 Å². The number of hydrogen-bond donors (Lipinski definition) is 2. The molecule has 0 radical (unpaired) electrons. The van der Waals surface area contributed by atoms with E-state index in [0.717, 1.165) is 36.2 Å². The van der Waals surface area contributed by atoms with E-state index in [0.29, 0.717) is 35.5 Å². The van der Waals surface area contributed by atoms with Gasteiger partial charge in [-0.1, -0.05) is 36.4 Å². The van der Waals surface area contributed by atoms with Crippen LogP contribution >= 0.6 is 0 Å². The predicted molar refractivity (Wildman–Crippen MR) is 126 cm³/mol. The van der Waals surface area contributed by atoms with Crippen molar-refractivity contribution in [3.8, 4) is 11.1 Å². The number of nitrogens with zero attached hydrogens (tertiary/aromatic N) is 1. The molecule has 182 valence electrons. The van der Waals surface area contributed by atoms with Gasteiger partial charge in [0.1, 0.15) is 6.61 Å². The summed E-state index contributed by atoms with van der Waals surface area (Å²) in [5, 5.41) is 2.91. The highest BCUT2D eigenvalue weighted by Crippen LogP contribution is 2.32. The number of amides is 2. The Morgan fingerprint density at radius 1 is 1.00 bits per heavy atom. The molecule has 0 spiro atoms. The van der Waals surface area contributed by atoms with Gasteiger partial charge in [-0.25, -0.2) is 4.79 Å². The molecule has 1 aliphatic heterocycles. The van der Waals surface area contributed by atoms with Gasteiger partial charge < -0.3 is 15.8 Å². The van der Waals surface area contributed by atoms with E-state index >= 15 is 0 Å². The number of carbonyl (C=O) groups excluding carboxylic acids is 2. The van der Waals surface area contributed by atoms with Crippen molar-refractivity contribution >= 4 is 17.7 Å². The van der Waals surface area contributed by atoms with Crippen LogP contribution in [0, 0.1) is 0 Å². The Morgan fingerprint density at radius 3 is 2.46 bits per heavy atom. The lowest BCUT2D eigenvalue weighted by atomic mass is 9.97. The molecule has 0 aliphatic carbocycles. The number of hydrogen-bond acceptors (Lipinski definition) is 4. The number of nitrogens with one attached hydrogen (secondary N) is 1. The highest BCUT2D eigenvalue weighted by molar-refractivity contribution is 6.08.